The first-order chi connectivity index (χ1) is 24.8. The quantitative estimate of drug-likeness (QED) is 0.118. The van der Waals surface area contributed by atoms with E-state index in [1.807, 2.05) is 30.5 Å². The van der Waals surface area contributed by atoms with Gasteiger partial charge in [0.2, 0.25) is 6.23 Å². The van der Waals surface area contributed by atoms with Gasteiger partial charge >= 0.3 is 0 Å². The zero-order valence-electron chi connectivity index (χ0n) is 30.2. The summed E-state index contributed by atoms with van der Waals surface area (Å²) in [6.07, 6.45) is 11.8. The molecule has 4 heterocycles. The Bertz CT molecular complexity index is 1740. The number of hydrogen-bond acceptors (Lipinski definition) is 8. The van der Waals surface area contributed by atoms with Gasteiger partial charge in [-0.25, -0.2) is 0 Å². The minimum Gasteiger partial charge on any atom is -0.504 e. The van der Waals surface area contributed by atoms with E-state index in [2.05, 4.69) is 37.2 Å². The Morgan fingerprint density at radius 2 is 1.88 bits per heavy atom. The minimum absolute atomic E-state index is 0.0174. The number of phenols is 1. The van der Waals surface area contributed by atoms with E-state index in [4.69, 9.17) is 15.5 Å². The van der Waals surface area contributed by atoms with E-state index in [9.17, 15) is 20.1 Å². The Morgan fingerprint density at radius 3 is 2.69 bits per heavy atom. The molecular weight excluding hydrogens is 640 g/mol. The average Bonchev–Trinajstić information content (AvgIpc) is 3.71. The van der Waals surface area contributed by atoms with Crippen LogP contribution in [0.15, 0.2) is 58.4 Å². The minimum atomic E-state index is -0.972. The van der Waals surface area contributed by atoms with Crippen LogP contribution in [0.2, 0.25) is 0 Å². The Labute approximate surface area is 302 Å². The molecule has 1 unspecified atom stereocenters. The molecule has 0 aliphatic carbocycles. The molecule has 6 rings (SSSR count). The number of quaternary nitrogens is 1. The van der Waals surface area contributed by atoms with E-state index in [1.54, 1.807) is 6.07 Å². The van der Waals surface area contributed by atoms with Gasteiger partial charge in [0.1, 0.15) is 36.7 Å². The number of nitrogens with one attached hydrogen (secondary N) is 2. The van der Waals surface area contributed by atoms with Gasteiger partial charge in [-0.15, -0.1) is 0 Å². The summed E-state index contributed by atoms with van der Waals surface area (Å²) in [4.78, 5) is 19.2. The van der Waals surface area contributed by atoms with Crippen LogP contribution >= 0.6 is 0 Å². The number of carbonyl (C=O) groups is 1. The molecule has 0 radical (unpaired) electrons. The summed E-state index contributed by atoms with van der Waals surface area (Å²) in [6, 6.07) is 9.23. The Balaban J connectivity index is 1.20. The van der Waals surface area contributed by atoms with E-state index in [0.29, 0.717) is 44.4 Å². The summed E-state index contributed by atoms with van der Waals surface area (Å²) >= 11 is 0. The summed E-state index contributed by atoms with van der Waals surface area (Å²) in [5.41, 5.74) is 14.6. The molecule has 0 spiro atoms. The van der Waals surface area contributed by atoms with Crippen LogP contribution in [0.3, 0.4) is 0 Å². The second-order valence-corrected chi connectivity index (χ2v) is 14.6. The van der Waals surface area contributed by atoms with Crippen molar-refractivity contribution in [2.24, 2.45) is 16.6 Å². The number of aromatic hydroxyl groups is 1. The number of unbranched alkanes of at least 4 members (excludes halogenated alkanes) is 4. The van der Waals surface area contributed by atoms with Crippen molar-refractivity contribution in [3.05, 3.63) is 81.2 Å². The van der Waals surface area contributed by atoms with Crippen LogP contribution in [0.4, 0.5) is 0 Å². The highest BCUT2D eigenvalue weighted by molar-refractivity contribution is 5.87. The number of allylic oxidation sites excluding steroid dienone is 1. The topological polar surface area (TPSA) is 142 Å². The van der Waals surface area contributed by atoms with Gasteiger partial charge in [0.05, 0.1) is 12.3 Å². The van der Waals surface area contributed by atoms with Gasteiger partial charge in [-0.2, -0.15) is 0 Å². The third kappa shape index (κ3) is 8.65. The molecule has 4 aliphatic heterocycles. The zero-order chi connectivity index (χ0) is 35.9. The largest absolute Gasteiger partial charge is 0.504 e. The molecule has 2 aromatic carbocycles. The fourth-order valence-electron chi connectivity index (χ4n) is 8.00. The number of phenolic OH excluding ortho intramolecular Hbond substituents is 1. The monoisotopic (exact) mass is 695 g/mol. The van der Waals surface area contributed by atoms with Crippen LogP contribution in [0.5, 0.6) is 11.5 Å². The number of aliphatic imine (C=N–C) groups is 1. The first-order valence-corrected chi connectivity index (χ1v) is 19.1. The molecule has 2 bridgehead atoms. The summed E-state index contributed by atoms with van der Waals surface area (Å²) in [7, 11) is 0. The molecule has 4 aliphatic rings. The number of fused-ring (bicyclic) bond motifs is 4. The van der Waals surface area contributed by atoms with Crippen molar-refractivity contribution in [1.29, 1.82) is 0 Å². The third-order valence-electron chi connectivity index (χ3n) is 11.0. The maximum Gasteiger partial charge on any atom is 0.247 e. The van der Waals surface area contributed by atoms with Gasteiger partial charge in [-0.05, 0) is 71.2 Å². The van der Waals surface area contributed by atoms with Gasteiger partial charge in [0.25, 0.3) is 0 Å². The highest BCUT2D eigenvalue weighted by atomic mass is 16.5. The van der Waals surface area contributed by atoms with E-state index < -0.39 is 18.4 Å². The van der Waals surface area contributed by atoms with Crippen LogP contribution in [-0.4, -0.2) is 52.7 Å². The predicted molar refractivity (Wildman–Crippen MR) is 199 cm³/mol. The number of nitrogens with two attached hydrogens (primary N) is 1. The Hall–Kier alpha value is -3.78. The van der Waals surface area contributed by atoms with E-state index in [0.717, 1.165) is 102 Å². The molecule has 7 N–H and O–H groups in total. The first-order valence-electron chi connectivity index (χ1n) is 19.1. The number of aliphatic hydroxyl groups is 2. The number of rotatable bonds is 15. The lowest BCUT2D eigenvalue weighted by Crippen LogP contribution is -3.11. The van der Waals surface area contributed by atoms with Gasteiger partial charge in [0.15, 0.2) is 11.5 Å². The highest BCUT2D eigenvalue weighted by Gasteiger charge is 2.36. The first kappa shape index (κ1) is 37.0. The van der Waals surface area contributed by atoms with E-state index >= 15 is 0 Å². The van der Waals surface area contributed by atoms with Gasteiger partial charge in [-0.3, -0.25) is 20.0 Å². The van der Waals surface area contributed by atoms with Gasteiger partial charge in [0, 0.05) is 37.1 Å². The molecule has 0 saturated heterocycles. The zero-order valence-corrected chi connectivity index (χ0v) is 30.2. The third-order valence-corrected chi connectivity index (χ3v) is 11.0. The molecule has 0 saturated carbocycles. The van der Waals surface area contributed by atoms with Crippen molar-refractivity contribution in [3.63, 3.8) is 0 Å². The summed E-state index contributed by atoms with van der Waals surface area (Å²) in [5, 5.41) is 36.6. The van der Waals surface area contributed by atoms with Crippen molar-refractivity contribution >= 4 is 12.0 Å². The molecular formula is C42H55N4O5+. The molecule has 9 heteroatoms. The summed E-state index contributed by atoms with van der Waals surface area (Å²) in [5.74, 6) is 6.39. The van der Waals surface area contributed by atoms with Crippen molar-refractivity contribution < 1.29 is 29.8 Å². The van der Waals surface area contributed by atoms with E-state index in [1.165, 1.54) is 5.56 Å². The number of Topliss-reactive ketones (excluding diaryl/α,β-unsaturated/α-hetero) is 1. The Kier molecular flexibility index (Phi) is 12.4. The van der Waals surface area contributed by atoms with Crippen molar-refractivity contribution in [3.8, 4) is 23.3 Å². The standard InChI is InChI=1S/C42H54N4O5/c1-3-5-7-10-32(37(48)11-8-6-4-2)38(49)18-14-27-15-19-39(50)40(22-27)51-41-13-9-12-36(47)30-16-17-31-29(20-21-44-42(31)43)33(30)23-28-24-45-35-26-46(41)25-34(28)35/h15-17,19,22,24,26,32,36-37,41-42,44,47-48,50H,3-8,10-11,13-14,18,20-21,23,25,43H2,1-2H3/p+1/t32-,36+,37-,41+,42-/m1/s1. The van der Waals surface area contributed by atoms with Gasteiger partial charge in [-0.1, -0.05) is 82.4 Å². The fraction of sp³-hybridized carbons (Fsp3) is 0.524. The van der Waals surface area contributed by atoms with Crippen LogP contribution in [-0.2, 0) is 24.1 Å². The smallest absolute Gasteiger partial charge is 0.247 e. The number of ketones is 1. The number of ether oxygens (including phenoxy) is 1. The number of nitrogens with zero attached hydrogens (tertiary/aromatic N) is 1. The summed E-state index contributed by atoms with van der Waals surface area (Å²) < 4.78 is 6.54. The maximum atomic E-state index is 13.5. The van der Waals surface area contributed by atoms with Crippen LogP contribution < -0.4 is 20.7 Å². The number of benzene rings is 2. The number of carbonyl (C=O) groups excluding carboxylic acids is 1. The lowest BCUT2D eigenvalue weighted by Gasteiger charge is -2.28. The summed E-state index contributed by atoms with van der Waals surface area (Å²) in [6.45, 7) is 5.73. The van der Waals surface area contributed by atoms with Crippen molar-refractivity contribution in [2.45, 2.75) is 122 Å². The van der Waals surface area contributed by atoms with Crippen LogP contribution in [0, 0.1) is 17.8 Å². The predicted octanol–water partition coefficient (Wildman–Crippen LogP) is 4.64. The molecule has 2 aromatic rings. The van der Waals surface area contributed by atoms with Crippen LogP contribution in [0.1, 0.15) is 118 Å². The number of hydrogen-bond donors (Lipinski definition) is 6. The average molecular weight is 696 g/mol. The van der Waals surface area contributed by atoms with Gasteiger partial charge < -0.3 is 25.8 Å². The lowest BCUT2D eigenvalue weighted by atomic mass is 9.85. The van der Waals surface area contributed by atoms with Crippen molar-refractivity contribution in [1.82, 2.24) is 5.32 Å². The second kappa shape index (κ2) is 17.2. The fourth-order valence-corrected chi connectivity index (χ4v) is 8.00. The normalized spacial score (nSPS) is 23.3. The molecule has 0 aromatic heterocycles. The number of aliphatic hydroxyl groups excluding tert-OH is 2. The molecule has 0 amide bonds. The molecule has 51 heavy (non-hydrogen) atoms. The highest BCUT2D eigenvalue weighted by Crippen LogP contribution is 2.35. The second-order valence-electron chi connectivity index (χ2n) is 14.6. The Morgan fingerprint density at radius 1 is 1.10 bits per heavy atom. The lowest BCUT2D eigenvalue weighted by molar-refractivity contribution is -0.885. The maximum absolute atomic E-state index is 13.5. The number of aryl methyl sites for hydroxylation is 1. The SMILES string of the molecule is CCCCC[C@@H](O)[C@@H](CCCCC)C(=O)CCc1ccc(O)c(O[C@H]2CC#C[C@H](O)c3ccc4c(c3CC3=C5C[NH+]2C=C5N=C3)CCN[C@H]4N)c1. The van der Waals surface area contributed by atoms with Crippen LogP contribution in [0.25, 0.3) is 0 Å². The molecule has 0 fully saturated rings. The molecule has 272 valence electrons. The van der Waals surface area contributed by atoms with E-state index in [-0.39, 0.29) is 23.6 Å². The molecule has 9 nitrogen and oxygen atoms in total. The van der Waals surface area contributed by atoms with Crippen molar-refractivity contribution in [2.75, 3.05) is 13.1 Å². The molecule has 6 atom stereocenters.